The van der Waals surface area contributed by atoms with Crippen molar-refractivity contribution in [2.45, 2.75) is 13.3 Å². The lowest BCUT2D eigenvalue weighted by Crippen LogP contribution is -2.06. The van der Waals surface area contributed by atoms with E-state index in [2.05, 4.69) is 9.97 Å². The van der Waals surface area contributed by atoms with E-state index in [1.165, 1.54) is 24.7 Å². The van der Waals surface area contributed by atoms with Crippen LogP contribution < -0.4 is 4.74 Å². The molecule has 2 rings (SSSR count). The third kappa shape index (κ3) is 3.13. The number of ketones is 1. The van der Waals surface area contributed by atoms with E-state index >= 15 is 0 Å². The van der Waals surface area contributed by atoms with Crippen molar-refractivity contribution in [3.8, 4) is 5.75 Å². The zero-order valence-electron chi connectivity index (χ0n) is 10.5. The minimum Gasteiger partial charge on any atom is -0.492 e. The molecule has 0 aromatic carbocycles. The Balaban J connectivity index is 2.27. The van der Waals surface area contributed by atoms with Crippen molar-refractivity contribution in [1.82, 2.24) is 9.97 Å². The van der Waals surface area contributed by atoms with Crippen LogP contribution in [0.4, 0.5) is 4.39 Å². The molecule has 0 aliphatic heterocycles. The number of rotatable bonds is 5. The summed E-state index contributed by atoms with van der Waals surface area (Å²) in [5.41, 5.74) is 0.267. The standard InChI is InChI=1S/C14H13FN2O2/c1-2-5-19-11-6-10(7-17-8-11)14(18)12-3-4-16-9-13(12)15/h3-4,6-9H,2,5H2,1H3. The first-order valence-corrected chi connectivity index (χ1v) is 5.94. The molecule has 2 heterocycles. The molecule has 0 unspecified atom stereocenters. The highest BCUT2D eigenvalue weighted by Gasteiger charge is 2.14. The second-order valence-electron chi connectivity index (χ2n) is 3.94. The molecule has 19 heavy (non-hydrogen) atoms. The van der Waals surface area contributed by atoms with Gasteiger partial charge in [0.1, 0.15) is 5.75 Å². The summed E-state index contributed by atoms with van der Waals surface area (Å²) in [4.78, 5) is 19.7. The monoisotopic (exact) mass is 260 g/mol. The fourth-order valence-electron chi connectivity index (χ4n) is 1.56. The van der Waals surface area contributed by atoms with Gasteiger partial charge in [0, 0.05) is 18.0 Å². The fourth-order valence-corrected chi connectivity index (χ4v) is 1.56. The van der Waals surface area contributed by atoms with Gasteiger partial charge in [-0.2, -0.15) is 0 Å². The number of hydrogen-bond acceptors (Lipinski definition) is 4. The van der Waals surface area contributed by atoms with Gasteiger partial charge in [-0.3, -0.25) is 14.8 Å². The number of halogens is 1. The number of carbonyl (C=O) groups is 1. The smallest absolute Gasteiger partial charge is 0.197 e. The molecule has 2 aromatic heterocycles. The van der Waals surface area contributed by atoms with Crippen molar-refractivity contribution in [2.24, 2.45) is 0 Å². The molecule has 0 atom stereocenters. The van der Waals surface area contributed by atoms with Gasteiger partial charge in [-0.25, -0.2) is 4.39 Å². The Morgan fingerprint density at radius 2 is 2.16 bits per heavy atom. The summed E-state index contributed by atoms with van der Waals surface area (Å²) in [6, 6.07) is 2.90. The van der Waals surface area contributed by atoms with Gasteiger partial charge in [0.15, 0.2) is 11.6 Å². The SMILES string of the molecule is CCCOc1cncc(C(=O)c2ccncc2F)c1. The third-order valence-electron chi connectivity index (χ3n) is 2.47. The molecule has 0 aliphatic carbocycles. The first-order valence-electron chi connectivity index (χ1n) is 5.94. The zero-order chi connectivity index (χ0) is 13.7. The maximum Gasteiger partial charge on any atom is 0.197 e. The van der Waals surface area contributed by atoms with E-state index < -0.39 is 11.6 Å². The van der Waals surface area contributed by atoms with Crippen LogP contribution in [-0.4, -0.2) is 22.4 Å². The zero-order valence-corrected chi connectivity index (χ0v) is 10.5. The van der Waals surface area contributed by atoms with Crippen molar-refractivity contribution in [3.63, 3.8) is 0 Å². The van der Waals surface area contributed by atoms with E-state index in [4.69, 9.17) is 4.74 Å². The average Bonchev–Trinajstić information content (AvgIpc) is 2.45. The molecule has 0 amide bonds. The number of hydrogen-bond donors (Lipinski definition) is 0. The second-order valence-corrected chi connectivity index (χ2v) is 3.94. The highest BCUT2D eigenvalue weighted by atomic mass is 19.1. The van der Waals surface area contributed by atoms with Crippen LogP contribution in [-0.2, 0) is 0 Å². The van der Waals surface area contributed by atoms with Crippen molar-refractivity contribution < 1.29 is 13.9 Å². The van der Waals surface area contributed by atoms with E-state index in [0.717, 1.165) is 12.6 Å². The van der Waals surface area contributed by atoms with Crippen molar-refractivity contribution in [1.29, 1.82) is 0 Å². The van der Waals surface area contributed by atoms with Crippen molar-refractivity contribution in [3.05, 3.63) is 53.9 Å². The maximum absolute atomic E-state index is 13.5. The first-order chi connectivity index (χ1) is 9.22. The van der Waals surface area contributed by atoms with E-state index in [-0.39, 0.29) is 5.56 Å². The molecule has 5 heteroatoms. The van der Waals surface area contributed by atoms with Gasteiger partial charge >= 0.3 is 0 Å². The summed E-state index contributed by atoms with van der Waals surface area (Å²) >= 11 is 0. The molecule has 98 valence electrons. The first kappa shape index (κ1) is 13.1. The highest BCUT2D eigenvalue weighted by molar-refractivity contribution is 6.09. The summed E-state index contributed by atoms with van der Waals surface area (Å²) in [6.45, 7) is 2.53. The molecular weight excluding hydrogens is 247 g/mol. The van der Waals surface area contributed by atoms with Crippen LogP contribution in [0.5, 0.6) is 5.75 Å². The molecule has 4 nitrogen and oxygen atoms in total. The summed E-state index contributed by atoms with van der Waals surface area (Å²) in [6.07, 6.45) is 6.16. The molecule has 0 fully saturated rings. The van der Waals surface area contributed by atoms with Crippen molar-refractivity contribution in [2.75, 3.05) is 6.61 Å². The predicted molar refractivity (Wildman–Crippen MR) is 67.7 cm³/mol. The topological polar surface area (TPSA) is 52.1 Å². The van der Waals surface area contributed by atoms with Gasteiger partial charge in [0.05, 0.1) is 24.6 Å². The second kappa shape index (κ2) is 6.04. The van der Waals surface area contributed by atoms with E-state index in [0.29, 0.717) is 17.9 Å². The molecule has 0 aliphatic rings. The van der Waals surface area contributed by atoms with Gasteiger partial charge in [-0.15, -0.1) is 0 Å². The summed E-state index contributed by atoms with van der Waals surface area (Å²) < 4.78 is 18.9. The fraction of sp³-hybridized carbons (Fsp3) is 0.214. The lowest BCUT2D eigenvalue weighted by Gasteiger charge is -2.06. The van der Waals surface area contributed by atoms with Crippen LogP contribution in [0.3, 0.4) is 0 Å². The van der Waals surface area contributed by atoms with Gasteiger partial charge in [0.25, 0.3) is 0 Å². The molecule has 0 spiro atoms. The normalized spacial score (nSPS) is 10.2. The molecule has 0 radical (unpaired) electrons. The quantitative estimate of drug-likeness (QED) is 0.775. The van der Waals surface area contributed by atoms with E-state index in [1.807, 2.05) is 6.92 Å². The van der Waals surface area contributed by atoms with Crippen LogP contribution in [0, 0.1) is 5.82 Å². The molecule has 0 N–H and O–H groups in total. The maximum atomic E-state index is 13.5. The van der Waals surface area contributed by atoms with Crippen LogP contribution in [0.1, 0.15) is 29.3 Å². The van der Waals surface area contributed by atoms with Crippen LogP contribution in [0.15, 0.2) is 36.9 Å². The van der Waals surface area contributed by atoms with Gasteiger partial charge in [-0.1, -0.05) is 6.92 Å². The minimum absolute atomic E-state index is 0.0237. The van der Waals surface area contributed by atoms with Crippen LogP contribution >= 0.6 is 0 Å². The van der Waals surface area contributed by atoms with Crippen LogP contribution in [0.25, 0.3) is 0 Å². The number of carbonyl (C=O) groups excluding carboxylic acids is 1. The van der Waals surface area contributed by atoms with Gasteiger partial charge < -0.3 is 4.74 Å². The Bertz CT molecular complexity index is 587. The Labute approximate surface area is 110 Å². The Morgan fingerprint density at radius 3 is 2.89 bits per heavy atom. The number of ether oxygens (including phenoxy) is 1. The van der Waals surface area contributed by atoms with E-state index in [1.54, 1.807) is 6.07 Å². The Hall–Kier alpha value is -2.30. The van der Waals surface area contributed by atoms with Crippen LogP contribution in [0.2, 0.25) is 0 Å². The number of pyridine rings is 2. The summed E-state index contributed by atoms with van der Waals surface area (Å²) in [5.74, 6) is -0.580. The largest absolute Gasteiger partial charge is 0.492 e. The highest BCUT2D eigenvalue weighted by Crippen LogP contribution is 2.16. The Morgan fingerprint density at radius 1 is 1.32 bits per heavy atom. The lowest BCUT2D eigenvalue weighted by molar-refractivity contribution is 0.103. The average molecular weight is 260 g/mol. The lowest BCUT2D eigenvalue weighted by atomic mass is 10.1. The Kier molecular flexibility index (Phi) is 4.18. The third-order valence-corrected chi connectivity index (χ3v) is 2.47. The van der Waals surface area contributed by atoms with Crippen molar-refractivity contribution >= 4 is 5.78 Å². The minimum atomic E-state index is -0.646. The molecular formula is C14H13FN2O2. The number of nitrogens with zero attached hydrogens (tertiary/aromatic N) is 2. The molecule has 0 saturated heterocycles. The van der Waals surface area contributed by atoms with Gasteiger partial charge in [-0.05, 0) is 18.6 Å². The summed E-state index contributed by atoms with van der Waals surface area (Å²) in [5, 5.41) is 0. The summed E-state index contributed by atoms with van der Waals surface area (Å²) in [7, 11) is 0. The van der Waals surface area contributed by atoms with Gasteiger partial charge in [0.2, 0.25) is 0 Å². The predicted octanol–water partition coefficient (Wildman–Crippen LogP) is 2.64. The van der Waals surface area contributed by atoms with E-state index in [9.17, 15) is 9.18 Å². The number of aromatic nitrogens is 2. The molecule has 2 aromatic rings. The molecule has 0 bridgehead atoms. The molecule has 0 saturated carbocycles.